The molecule has 2 aromatic carbocycles. The van der Waals surface area contributed by atoms with Crippen LogP contribution < -0.4 is 5.32 Å². The van der Waals surface area contributed by atoms with Gasteiger partial charge in [0, 0.05) is 12.5 Å². The summed E-state index contributed by atoms with van der Waals surface area (Å²) < 4.78 is 11.5. The zero-order valence-electron chi connectivity index (χ0n) is 14.2. The van der Waals surface area contributed by atoms with Gasteiger partial charge in [0.05, 0.1) is 25.2 Å². The summed E-state index contributed by atoms with van der Waals surface area (Å²) >= 11 is 0. The van der Waals surface area contributed by atoms with E-state index in [1.165, 1.54) is 22.3 Å². The van der Waals surface area contributed by atoms with Crippen LogP contribution in [0.1, 0.15) is 23.5 Å². The first-order valence-electron chi connectivity index (χ1n) is 8.89. The maximum atomic E-state index is 6.25. The van der Waals surface area contributed by atoms with E-state index in [-0.39, 0.29) is 6.10 Å². The van der Waals surface area contributed by atoms with Gasteiger partial charge in [-0.05, 0) is 41.3 Å². The number of rotatable bonds is 5. The molecule has 1 aliphatic heterocycles. The van der Waals surface area contributed by atoms with Crippen LogP contribution in [0.25, 0.3) is 11.1 Å². The summed E-state index contributed by atoms with van der Waals surface area (Å²) in [6.07, 6.45) is 4.86. The molecule has 128 valence electrons. The summed E-state index contributed by atoms with van der Waals surface area (Å²) in [6.45, 7) is 2.55. The van der Waals surface area contributed by atoms with Crippen LogP contribution in [0, 0.1) is 0 Å². The zero-order valence-corrected chi connectivity index (χ0v) is 14.2. The Morgan fingerprint density at radius 2 is 1.76 bits per heavy atom. The molecule has 0 radical (unpaired) electrons. The van der Waals surface area contributed by atoms with Crippen molar-refractivity contribution in [3.8, 4) is 11.1 Å². The minimum Gasteiger partial charge on any atom is -0.472 e. The molecule has 0 bridgehead atoms. The van der Waals surface area contributed by atoms with Gasteiger partial charge in [-0.2, -0.15) is 0 Å². The van der Waals surface area contributed by atoms with Crippen LogP contribution in [0.2, 0.25) is 0 Å². The maximum absolute atomic E-state index is 6.25. The van der Waals surface area contributed by atoms with E-state index in [0.717, 1.165) is 19.5 Å². The lowest BCUT2D eigenvalue weighted by molar-refractivity contribution is 0.0105. The first kappa shape index (κ1) is 16.1. The molecule has 3 heteroatoms. The molecule has 1 aromatic heterocycles. The Labute approximate surface area is 148 Å². The van der Waals surface area contributed by atoms with Crippen molar-refractivity contribution in [3.05, 3.63) is 84.3 Å². The van der Waals surface area contributed by atoms with Gasteiger partial charge in [0.2, 0.25) is 0 Å². The van der Waals surface area contributed by atoms with E-state index in [1.54, 1.807) is 6.26 Å². The first-order valence-corrected chi connectivity index (χ1v) is 8.89. The molecule has 1 fully saturated rings. The Balaban J connectivity index is 1.40. The Morgan fingerprint density at radius 1 is 0.960 bits per heavy atom. The molecule has 4 rings (SSSR count). The molecular formula is C22H23NO2. The zero-order chi connectivity index (χ0) is 16.9. The van der Waals surface area contributed by atoms with E-state index >= 15 is 0 Å². The lowest BCUT2D eigenvalue weighted by Crippen LogP contribution is -2.40. The summed E-state index contributed by atoms with van der Waals surface area (Å²) in [5.41, 5.74) is 4.92. The molecule has 1 aliphatic rings. The van der Waals surface area contributed by atoms with E-state index in [1.807, 2.05) is 12.3 Å². The van der Waals surface area contributed by atoms with Crippen LogP contribution in [0.3, 0.4) is 0 Å². The second-order valence-corrected chi connectivity index (χ2v) is 6.57. The Bertz CT molecular complexity index is 766. The van der Waals surface area contributed by atoms with Gasteiger partial charge in [-0.15, -0.1) is 0 Å². The smallest absolute Gasteiger partial charge is 0.0938 e. The van der Waals surface area contributed by atoms with E-state index in [0.29, 0.717) is 12.5 Å². The molecule has 3 nitrogen and oxygen atoms in total. The SMILES string of the molecule is c1ccc(-c2ccc(COC3CNCCC3c3ccoc3)cc2)cc1. The molecule has 0 aliphatic carbocycles. The van der Waals surface area contributed by atoms with Crippen molar-refractivity contribution in [2.45, 2.75) is 25.0 Å². The van der Waals surface area contributed by atoms with Gasteiger partial charge in [0.25, 0.3) is 0 Å². The fourth-order valence-corrected chi connectivity index (χ4v) is 3.50. The average Bonchev–Trinajstić information content (AvgIpc) is 3.22. The quantitative estimate of drug-likeness (QED) is 0.740. The third-order valence-electron chi connectivity index (χ3n) is 4.92. The number of piperidine rings is 1. The minimum absolute atomic E-state index is 0.181. The van der Waals surface area contributed by atoms with Crippen LogP contribution in [-0.2, 0) is 11.3 Å². The van der Waals surface area contributed by atoms with Crippen molar-refractivity contribution in [3.63, 3.8) is 0 Å². The maximum Gasteiger partial charge on any atom is 0.0938 e. The van der Waals surface area contributed by atoms with Crippen LogP contribution in [0.4, 0.5) is 0 Å². The van der Waals surface area contributed by atoms with Gasteiger partial charge in [-0.25, -0.2) is 0 Å². The van der Waals surface area contributed by atoms with Crippen molar-refractivity contribution >= 4 is 0 Å². The fraction of sp³-hybridized carbons (Fsp3) is 0.273. The summed E-state index contributed by atoms with van der Waals surface area (Å²) in [5, 5.41) is 3.44. The highest BCUT2D eigenvalue weighted by atomic mass is 16.5. The third kappa shape index (κ3) is 3.84. The molecule has 2 heterocycles. The molecule has 2 atom stereocenters. The topological polar surface area (TPSA) is 34.4 Å². The first-order chi connectivity index (χ1) is 12.4. The molecule has 1 saturated heterocycles. The van der Waals surface area contributed by atoms with Crippen molar-refractivity contribution in [1.29, 1.82) is 0 Å². The van der Waals surface area contributed by atoms with Gasteiger partial charge in [0.15, 0.2) is 0 Å². The van der Waals surface area contributed by atoms with Gasteiger partial charge in [-0.3, -0.25) is 0 Å². The van der Waals surface area contributed by atoms with Crippen LogP contribution in [0.15, 0.2) is 77.6 Å². The van der Waals surface area contributed by atoms with Crippen molar-refractivity contribution < 1.29 is 9.15 Å². The average molecular weight is 333 g/mol. The highest BCUT2D eigenvalue weighted by Crippen LogP contribution is 2.29. The summed E-state index contributed by atoms with van der Waals surface area (Å²) in [5.74, 6) is 0.406. The lowest BCUT2D eigenvalue weighted by atomic mass is 9.89. The molecular weight excluding hydrogens is 310 g/mol. The van der Waals surface area contributed by atoms with E-state index < -0.39 is 0 Å². The van der Waals surface area contributed by atoms with Crippen LogP contribution in [-0.4, -0.2) is 19.2 Å². The van der Waals surface area contributed by atoms with E-state index in [9.17, 15) is 0 Å². The summed E-state index contributed by atoms with van der Waals surface area (Å²) in [6, 6.07) is 21.2. The van der Waals surface area contributed by atoms with Crippen molar-refractivity contribution in [2.75, 3.05) is 13.1 Å². The largest absolute Gasteiger partial charge is 0.472 e. The molecule has 0 spiro atoms. The van der Waals surface area contributed by atoms with Gasteiger partial charge in [0.1, 0.15) is 0 Å². The van der Waals surface area contributed by atoms with E-state index in [4.69, 9.17) is 9.15 Å². The highest BCUT2D eigenvalue weighted by Gasteiger charge is 2.27. The fourth-order valence-electron chi connectivity index (χ4n) is 3.50. The number of nitrogens with one attached hydrogen (secondary N) is 1. The summed E-state index contributed by atoms with van der Waals surface area (Å²) in [4.78, 5) is 0. The molecule has 0 saturated carbocycles. The number of hydrogen-bond acceptors (Lipinski definition) is 3. The second kappa shape index (κ2) is 7.68. The van der Waals surface area contributed by atoms with Crippen LogP contribution >= 0.6 is 0 Å². The monoisotopic (exact) mass is 333 g/mol. The summed E-state index contributed by atoms with van der Waals surface area (Å²) in [7, 11) is 0. The van der Waals surface area contributed by atoms with Gasteiger partial charge >= 0.3 is 0 Å². The molecule has 0 amide bonds. The Morgan fingerprint density at radius 3 is 2.52 bits per heavy atom. The Kier molecular flexibility index (Phi) is 4.96. The van der Waals surface area contributed by atoms with Crippen LogP contribution in [0.5, 0.6) is 0 Å². The van der Waals surface area contributed by atoms with E-state index in [2.05, 4.69) is 59.9 Å². The normalized spacial score (nSPS) is 20.5. The third-order valence-corrected chi connectivity index (χ3v) is 4.92. The molecule has 1 N–H and O–H groups in total. The molecule has 25 heavy (non-hydrogen) atoms. The minimum atomic E-state index is 0.181. The predicted molar refractivity (Wildman–Crippen MR) is 99.4 cm³/mol. The molecule has 3 aromatic rings. The standard InChI is InChI=1S/C22H23NO2/c1-2-4-18(5-3-1)19-8-6-17(7-9-19)15-25-22-14-23-12-10-21(22)20-11-13-24-16-20/h1-9,11,13,16,21-23H,10,12,14-15H2. The number of hydrogen-bond donors (Lipinski definition) is 1. The van der Waals surface area contributed by atoms with Gasteiger partial charge in [-0.1, -0.05) is 54.6 Å². The second-order valence-electron chi connectivity index (χ2n) is 6.57. The number of ether oxygens (including phenoxy) is 1. The number of furan rings is 1. The van der Waals surface area contributed by atoms with Crippen molar-refractivity contribution in [2.24, 2.45) is 0 Å². The van der Waals surface area contributed by atoms with Crippen molar-refractivity contribution in [1.82, 2.24) is 5.32 Å². The lowest BCUT2D eigenvalue weighted by Gasteiger charge is -2.31. The Hall–Kier alpha value is -2.36. The highest BCUT2D eigenvalue weighted by molar-refractivity contribution is 5.63. The molecule has 2 unspecified atom stereocenters. The predicted octanol–water partition coefficient (Wildman–Crippen LogP) is 4.61. The number of benzene rings is 2. The van der Waals surface area contributed by atoms with Gasteiger partial charge < -0.3 is 14.5 Å².